The zero-order valence-electron chi connectivity index (χ0n) is 20.1. The van der Waals surface area contributed by atoms with Crippen molar-refractivity contribution in [3.8, 4) is 0 Å². The minimum absolute atomic E-state index is 0. The second-order valence-electron chi connectivity index (χ2n) is 9.59. The molecule has 1 aliphatic carbocycles. The van der Waals surface area contributed by atoms with Crippen LogP contribution in [0.1, 0.15) is 40.7 Å². The molecule has 1 saturated heterocycles. The van der Waals surface area contributed by atoms with Crippen LogP contribution >= 0.6 is 12.4 Å². The second-order valence-corrected chi connectivity index (χ2v) is 9.59. The molecule has 2 amide bonds. The molecule has 1 aliphatic heterocycles. The monoisotopic (exact) mass is 531 g/mol. The minimum Gasteiger partial charge on any atom is -0.348 e. The van der Waals surface area contributed by atoms with Crippen LogP contribution in [0.2, 0.25) is 0 Å². The predicted octanol–water partition coefficient (Wildman–Crippen LogP) is 5.18. The first-order valence-corrected chi connectivity index (χ1v) is 12.3. The molecule has 5 rings (SSSR count). The topological polar surface area (TPSA) is 61.4 Å². The van der Waals surface area contributed by atoms with Crippen molar-refractivity contribution in [2.75, 3.05) is 13.1 Å². The van der Waals surface area contributed by atoms with Crippen molar-refractivity contribution in [3.63, 3.8) is 0 Å². The first-order valence-electron chi connectivity index (χ1n) is 12.3. The molecule has 3 aromatic carbocycles. The number of nitrogens with one attached hydrogen (secondary N) is 2. The average Bonchev–Trinajstić information content (AvgIpc) is 3.72. The smallest absolute Gasteiger partial charge is 0.348 e. The maximum atomic E-state index is 13.8. The Hall–Kier alpha value is -3.10. The number of amides is 2. The lowest BCUT2D eigenvalue weighted by molar-refractivity contribution is -0.138. The van der Waals surface area contributed by atoms with Crippen LogP contribution in [-0.2, 0) is 17.5 Å². The number of carbonyl (C=O) groups is 2. The zero-order valence-corrected chi connectivity index (χ0v) is 20.9. The van der Waals surface area contributed by atoms with Crippen molar-refractivity contribution in [2.24, 2.45) is 5.92 Å². The van der Waals surface area contributed by atoms with Crippen LogP contribution in [0.3, 0.4) is 0 Å². The number of alkyl halides is 3. The molecule has 2 aliphatic rings. The molecule has 2 atom stereocenters. The van der Waals surface area contributed by atoms with Gasteiger partial charge >= 0.3 is 6.18 Å². The van der Waals surface area contributed by atoms with E-state index in [0.717, 1.165) is 41.3 Å². The number of fused-ring (bicyclic) bond motifs is 1. The number of nitrogens with zero attached hydrogens (tertiary/aromatic N) is 1. The molecule has 37 heavy (non-hydrogen) atoms. The highest BCUT2D eigenvalue weighted by molar-refractivity contribution is 5.95. The van der Waals surface area contributed by atoms with Gasteiger partial charge in [-0.05, 0) is 60.3 Å². The average molecular weight is 532 g/mol. The van der Waals surface area contributed by atoms with Gasteiger partial charge in [-0.25, -0.2) is 0 Å². The number of hydrogen-bond acceptors (Lipinski definition) is 3. The Labute approximate surface area is 219 Å². The molecule has 3 aromatic rings. The fraction of sp³-hybridized carbons (Fsp3) is 0.357. The summed E-state index contributed by atoms with van der Waals surface area (Å²) in [4.78, 5) is 28.6. The summed E-state index contributed by atoms with van der Waals surface area (Å²) in [5.74, 6) is -1.13. The summed E-state index contributed by atoms with van der Waals surface area (Å²) in [6, 6.07) is 18.2. The largest absolute Gasteiger partial charge is 0.416 e. The van der Waals surface area contributed by atoms with E-state index in [2.05, 4.69) is 16.7 Å². The number of piperidine rings is 1. The maximum Gasteiger partial charge on any atom is 0.416 e. The molecule has 0 aromatic heterocycles. The molecule has 0 bridgehead atoms. The molecule has 196 valence electrons. The number of rotatable bonds is 6. The third-order valence-corrected chi connectivity index (χ3v) is 7.06. The van der Waals surface area contributed by atoms with Crippen molar-refractivity contribution < 1.29 is 22.8 Å². The van der Waals surface area contributed by atoms with E-state index in [4.69, 9.17) is 0 Å². The molecule has 1 saturated carbocycles. The Balaban J connectivity index is 0.00000320. The lowest BCUT2D eigenvalue weighted by Gasteiger charge is -2.36. The third kappa shape index (κ3) is 6.08. The lowest BCUT2D eigenvalue weighted by Crippen LogP contribution is -2.55. The highest BCUT2D eigenvalue weighted by Gasteiger charge is 2.40. The van der Waals surface area contributed by atoms with Gasteiger partial charge in [0.15, 0.2) is 0 Å². The van der Waals surface area contributed by atoms with Gasteiger partial charge in [-0.3, -0.25) is 9.59 Å². The Bertz CT molecular complexity index is 1270. The summed E-state index contributed by atoms with van der Waals surface area (Å²) in [6.45, 7) is 1.50. The molecule has 2 N–H and O–H groups in total. The molecule has 9 heteroatoms. The predicted molar refractivity (Wildman–Crippen MR) is 138 cm³/mol. The lowest BCUT2D eigenvalue weighted by atomic mass is 9.91. The highest BCUT2D eigenvalue weighted by atomic mass is 35.5. The van der Waals surface area contributed by atoms with Gasteiger partial charge in [0, 0.05) is 30.7 Å². The van der Waals surface area contributed by atoms with Crippen molar-refractivity contribution in [1.82, 2.24) is 15.5 Å². The van der Waals surface area contributed by atoms with E-state index >= 15 is 0 Å². The van der Waals surface area contributed by atoms with E-state index in [0.29, 0.717) is 26.1 Å². The van der Waals surface area contributed by atoms with E-state index in [-0.39, 0.29) is 29.9 Å². The van der Waals surface area contributed by atoms with Gasteiger partial charge in [-0.15, -0.1) is 12.4 Å². The molecular formula is C28H29ClF3N3O2. The van der Waals surface area contributed by atoms with Crippen molar-refractivity contribution >= 4 is 35.0 Å². The van der Waals surface area contributed by atoms with E-state index in [1.807, 2.05) is 41.3 Å². The molecule has 0 radical (unpaired) electrons. The Morgan fingerprint density at radius 2 is 1.70 bits per heavy atom. The van der Waals surface area contributed by atoms with Crippen molar-refractivity contribution in [2.45, 2.75) is 44.1 Å². The Morgan fingerprint density at radius 1 is 0.973 bits per heavy atom. The fourth-order valence-electron chi connectivity index (χ4n) is 4.98. The first-order chi connectivity index (χ1) is 17.3. The first kappa shape index (κ1) is 26.9. The van der Waals surface area contributed by atoms with E-state index in [1.165, 1.54) is 12.1 Å². The second kappa shape index (κ2) is 11.1. The van der Waals surface area contributed by atoms with Crippen molar-refractivity contribution in [1.29, 1.82) is 0 Å². The van der Waals surface area contributed by atoms with Gasteiger partial charge in [0.1, 0.15) is 0 Å². The number of carbonyl (C=O) groups excluding carboxylic acids is 2. The number of benzene rings is 3. The van der Waals surface area contributed by atoms with Gasteiger partial charge in [-0.2, -0.15) is 13.2 Å². The van der Waals surface area contributed by atoms with Gasteiger partial charge in [0.05, 0.1) is 11.5 Å². The van der Waals surface area contributed by atoms with Crippen LogP contribution in [0.15, 0.2) is 66.7 Å². The molecular weight excluding hydrogens is 503 g/mol. The summed E-state index contributed by atoms with van der Waals surface area (Å²) in [5, 5.41) is 8.33. The van der Waals surface area contributed by atoms with Gasteiger partial charge in [0.25, 0.3) is 5.91 Å². The third-order valence-electron chi connectivity index (χ3n) is 7.06. The van der Waals surface area contributed by atoms with E-state index in [9.17, 15) is 22.8 Å². The van der Waals surface area contributed by atoms with Crippen LogP contribution < -0.4 is 10.6 Å². The highest BCUT2D eigenvalue weighted by Crippen LogP contribution is 2.33. The fourth-order valence-corrected chi connectivity index (χ4v) is 4.98. The van der Waals surface area contributed by atoms with Gasteiger partial charge in [-0.1, -0.05) is 48.5 Å². The maximum absolute atomic E-state index is 13.8. The SMILES string of the molecule is Cl.O=C(NC1CCNCC1C(=O)N(Cc1cccc2ccccc12)C1CC1)c1cccc(C(F)(F)F)c1. The van der Waals surface area contributed by atoms with Crippen LogP contribution in [-0.4, -0.2) is 41.9 Å². The molecule has 2 unspecified atom stereocenters. The summed E-state index contributed by atoms with van der Waals surface area (Å²) in [7, 11) is 0. The molecule has 1 heterocycles. The minimum atomic E-state index is -4.53. The quantitative estimate of drug-likeness (QED) is 0.461. The summed E-state index contributed by atoms with van der Waals surface area (Å²) < 4.78 is 39.3. The van der Waals surface area contributed by atoms with Crippen molar-refractivity contribution in [3.05, 3.63) is 83.4 Å². The van der Waals surface area contributed by atoms with E-state index < -0.39 is 29.6 Å². The normalized spacial score (nSPS) is 19.6. The molecule has 0 spiro atoms. The number of hydrogen-bond donors (Lipinski definition) is 2. The Morgan fingerprint density at radius 3 is 2.46 bits per heavy atom. The van der Waals surface area contributed by atoms with Crippen LogP contribution in [0.25, 0.3) is 10.8 Å². The number of halogens is 4. The van der Waals surface area contributed by atoms with Gasteiger partial charge in [0.2, 0.25) is 5.91 Å². The Kier molecular flexibility index (Phi) is 8.09. The summed E-state index contributed by atoms with van der Waals surface area (Å²) >= 11 is 0. The zero-order chi connectivity index (χ0) is 25.3. The van der Waals surface area contributed by atoms with Crippen LogP contribution in [0.4, 0.5) is 13.2 Å². The summed E-state index contributed by atoms with van der Waals surface area (Å²) in [6.07, 6.45) is -2.13. The van der Waals surface area contributed by atoms with Gasteiger partial charge < -0.3 is 15.5 Å². The summed E-state index contributed by atoms with van der Waals surface area (Å²) in [5.41, 5.74) is 0.133. The standard InChI is InChI=1S/C28H28F3N3O2.ClH/c29-28(30,31)21-9-4-7-19(15-21)26(35)33-25-13-14-32-16-24(25)27(36)34(22-11-12-22)17-20-8-3-6-18-5-1-2-10-23(18)20;/h1-10,15,22,24-25,32H,11-14,16-17H2,(H,33,35);1H. The van der Waals surface area contributed by atoms with Crippen LogP contribution in [0, 0.1) is 5.92 Å². The van der Waals surface area contributed by atoms with E-state index in [1.54, 1.807) is 0 Å². The molecule has 2 fully saturated rings. The van der Waals surface area contributed by atoms with Crippen LogP contribution in [0.5, 0.6) is 0 Å². The molecule has 5 nitrogen and oxygen atoms in total.